The summed E-state index contributed by atoms with van der Waals surface area (Å²) >= 11 is 3.36. The number of hydrogen-bond acceptors (Lipinski definition) is 3. The number of carbonyl (C=O) groups is 1. The first-order valence-electron chi connectivity index (χ1n) is 7.10. The number of hydrogen-bond donors (Lipinski definition) is 0. The Hall–Kier alpha value is -2.59. The van der Waals surface area contributed by atoms with Crippen LogP contribution in [0.1, 0.15) is 10.4 Å². The van der Waals surface area contributed by atoms with Crippen molar-refractivity contribution in [3.63, 3.8) is 0 Å². The predicted molar refractivity (Wildman–Crippen MR) is 92.8 cm³/mol. The summed E-state index contributed by atoms with van der Waals surface area (Å²) < 4.78 is 12.0. The van der Waals surface area contributed by atoms with E-state index in [4.69, 9.17) is 9.15 Å². The van der Waals surface area contributed by atoms with Gasteiger partial charge >= 0.3 is 5.97 Å². The molecule has 112 valence electrons. The molecule has 3 aromatic carbocycles. The highest BCUT2D eigenvalue weighted by Gasteiger charge is 2.13. The second kappa shape index (κ2) is 5.56. The van der Waals surface area contributed by atoms with E-state index < -0.39 is 5.97 Å². The lowest BCUT2D eigenvalue weighted by Gasteiger charge is -2.05. The fraction of sp³-hybridized carbons (Fsp3) is 0. The van der Waals surface area contributed by atoms with E-state index in [2.05, 4.69) is 15.9 Å². The maximum atomic E-state index is 12.3. The summed E-state index contributed by atoms with van der Waals surface area (Å²) in [6, 6.07) is 20.4. The highest BCUT2D eigenvalue weighted by molar-refractivity contribution is 9.10. The zero-order chi connectivity index (χ0) is 15.8. The summed E-state index contributed by atoms with van der Waals surface area (Å²) in [6.07, 6.45) is 0. The zero-order valence-corrected chi connectivity index (χ0v) is 13.5. The minimum Gasteiger partial charge on any atom is -0.456 e. The fourth-order valence-corrected chi connectivity index (χ4v) is 3.00. The van der Waals surface area contributed by atoms with Crippen molar-refractivity contribution in [2.75, 3.05) is 0 Å². The van der Waals surface area contributed by atoms with Gasteiger partial charge in [-0.2, -0.15) is 0 Å². The number of fused-ring (bicyclic) bond motifs is 3. The molecular weight excluding hydrogens is 356 g/mol. The van der Waals surface area contributed by atoms with Gasteiger partial charge in [-0.1, -0.05) is 30.3 Å². The highest BCUT2D eigenvalue weighted by atomic mass is 79.9. The summed E-state index contributed by atoms with van der Waals surface area (Å²) in [6.45, 7) is 0. The van der Waals surface area contributed by atoms with Gasteiger partial charge in [-0.25, -0.2) is 4.79 Å². The third-order valence-corrected chi connectivity index (χ3v) is 4.34. The Kier molecular flexibility index (Phi) is 3.39. The summed E-state index contributed by atoms with van der Waals surface area (Å²) in [5.41, 5.74) is 2.08. The molecule has 0 aliphatic heterocycles. The van der Waals surface area contributed by atoms with Crippen LogP contribution in [0.2, 0.25) is 0 Å². The van der Waals surface area contributed by atoms with Gasteiger partial charge in [0.05, 0.1) is 5.56 Å². The van der Waals surface area contributed by atoms with Crippen LogP contribution in [-0.2, 0) is 0 Å². The number of benzene rings is 3. The van der Waals surface area contributed by atoms with Gasteiger partial charge in [0, 0.05) is 15.2 Å². The van der Waals surface area contributed by atoms with Gasteiger partial charge in [-0.15, -0.1) is 0 Å². The molecule has 0 radical (unpaired) electrons. The molecule has 3 nitrogen and oxygen atoms in total. The third kappa shape index (κ3) is 2.51. The van der Waals surface area contributed by atoms with Crippen molar-refractivity contribution in [2.45, 2.75) is 0 Å². The lowest BCUT2D eigenvalue weighted by molar-refractivity contribution is 0.0734. The molecule has 0 bridgehead atoms. The Morgan fingerprint density at radius 2 is 1.61 bits per heavy atom. The van der Waals surface area contributed by atoms with Crippen LogP contribution in [0.5, 0.6) is 5.75 Å². The molecule has 0 aliphatic carbocycles. The Morgan fingerprint density at radius 3 is 2.48 bits per heavy atom. The summed E-state index contributed by atoms with van der Waals surface area (Å²) in [4.78, 5) is 12.3. The average Bonchev–Trinajstić information content (AvgIpc) is 2.93. The van der Waals surface area contributed by atoms with Crippen LogP contribution in [-0.4, -0.2) is 5.97 Å². The molecule has 1 aromatic heterocycles. The van der Waals surface area contributed by atoms with Crippen molar-refractivity contribution in [3.05, 3.63) is 76.8 Å². The monoisotopic (exact) mass is 366 g/mol. The third-order valence-electron chi connectivity index (χ3n) is 3.65. The summed E-state index contributed by atoms with van der Waals surface area (Å²) in [5, 5.41) is 1.93. The molecule has 0 spiro atoms. The van der Waals surface area contributed by atoms with E-state index in [1.54, 1.807) is 18.2 Å². The van der Waals surface area contributed by atoms with Crippen molar-refractivity contribution in [2.24, 2.45) is 0 Å². The van der Waals surface area contributed by atoms with Crippen molar-refractivity contribution in [3.8, 4) is 5.75 Å². The number of carbonyl (C=O) groups excluding carboxylic acids is 1. The molecule has 0 N–H and O–H groups in total. The molecule has 0 amide bonds. The van der Waals surface area contributed by atoms with Crippen LogP contribution in [0, 0.1) is 0 Å². The van der Waals surface area contributed by atoms with Crippen LogP contribution < -0.4 is 4.74 Å². The molecule has 0 saturated heterocycles. The lowest BCUT2D eigenvalue weighted by Crippen LogP contribution is -2.08. The highest BCUT2D eigenvalue weighted by Crippen LogP contribution is 2.31. The molecule has 0 unspecified atom stereocenters. The standard InChI is InChI=1S/C19H11BrO3/c20-16-7-3-1-6-14(16)19(21)22-12-9-10-18-15(11-12)13-5-2-4-8-17(13)23-18/h1-11H. The largest absolute Gasteiger partial charge is 0.456 e. The topological polar surface area (TPSA) is 39.4 Å². The molecule has 4 rings (SSSR count). The minimum absolute atomic E-state index is 0.398. The van der Waals surface area contributed by atoms with Gasteiger partial charge in [-0.05, 0) is 52.3 Å². The first kappa shape index (κ1) is 14.0. The normalized spacial score (nSPS) is 11.0. The quantitative estimate of drug-likeness (QED) is 0.344. The van der Waals surface area contributed by atoms with E-state index in [-0.39, 0.29) is 0 Å². The summed E-state index contributed by atoms with van der Waals surface area (Å²) in [5.74, 6) is 0.0921. The molecule has 4 heteroatoms. The maximum Gasteiger partial charge on any atom is 0.344 e. The number of halogens is 1. The zero-order valence-electron chi connectivity index (χ0n) is 12.0. The number of esters is 1. The number of rotatable bonds is 2. The van der Waals surface area contributed by atoms with Crippen LogP contribution in [0.15, 0.2) is 75.6 Å². The van der Waals surface area contributed by atoms with E-state index in [9.17, 15) is 4.79 Å². The molecule has 0 fully saturated rings. The van der Waals surface area contributed by atoms with E-state index in [0.29, 0.717) is 15.8 Å². The SMILES string of the molecule is O=C(Oc1ccc2oc3ccccc3c2c1)c1ccccc1Br. The van der Waals surface area contributed by atoms with Crippen molar-refractivity contribution >= 4 is 43.8 Å². The summed E-state index contributed by atoms with van der Waals surface area (Å²) in [7, 11) is 0. The Morgan fingerprint density at radius 1 is 0.870 bits per heavy atom. The van der Waals surface area contributed by atoms with Crippen LogP contribution in [0.4, 0.5) is 0 Å². The van der Waals surface area contributed by atoms with Gasteiger partial charge < -0.3 is 9.15 Å². The van der Waals surface area contributed by atoms with Crippen LogP contribution in [0.25, 0.3) is 21.9 Å². The molecular formula is C19H11BrO3. The lowest BCUT2D eigenvalue weighted by atomic mass is 10.1. The molecule has 0 aliphatic rings. The first-order valence-corrected chi connectivity index (χ1v) is 7.90. The van der Waals surface area contributed by atoms with Crippen molar-refractivity contribution in [1.29, 1.82) is 0 Å². The van der Waals surface area contributed by atoms with E-state index >= 15 is 0 Å². The molecule has 1 heterocycles. The molecule has 0 atom stereocenters. The van der Waals surface area contributed by atoms with Crippen molar-refractivity contribution in [1.82, 2.24) is 0 Å². The fourth-order valence-electron chi connectivity index (χ4n) is 2.56. The van der Waals surface area contributed by atoms with Gasteiger partial charge in [-0.3, -0.25) is 0 Å². The average molecular weight is 367 g/mol. The molecule has 23 heavy (non-hydrogen) atoms. The van der Waals surface area contributed by atoms with E-state index in [1.807, 2.05) is 48.5 Å². The van der Waals surface area contributed by atoms with Crippen LogP contribution in [0.3, 0.4) is 0 Å². The Bertz CT molecular complexity index is 1030. The second-order valence-corrected chi connectivity index (χ2v) is 5.98. The Labute approximate surface area is 140 Å². The number of para-hydroxylation sites is 1. The number of furan rings is 1. The van der Waals surface area contributed by atoms with E-state index in [1.165, 1.54) is 0 Å². The van der Waals surface area contributed by atoms with Gasteiger partial charge in [0.1, 0.15) is 16.9 Å². The van der Waals surface area contributed by atoms with E-state index in [0.717, 1.165) is 21.9 Å². The predicted octanol–water partition coefficient (Wildman–Crippen LogP) is 5.57. The minimum atomic E-state index is -0.398. The maximum absolute atomic E-state index is 12.3. The number of ether oxygens (including phenoxy) is 1. The first-order chi connectivity index (χ1) is 11.2. The van der Waals surface area contributed by atoms with Gasteiger partial charge in [0.25, 0.3) is 0 Å². The second-order valence-electron chi connectivity index (χ2n) is 5.13. The van der Waals surface area contributed by atoms with Crippen LogP contribution >= 0.6 is 15.9 Å². The molecule has 0 saturated carbocycles. The van der Waals surface area contributed by atoms with Gasteiger partial charge in [0.15, 0.2) is 0 Å². The molecule has 4 aromatic rings. The Balaban J connectivity index is 1.73. The van der Waals surface area contributed by atoms with Crippen molar-refractivity contribution < 1.29 is 13.9 Å². The van der Waals surface area contributed by atoms with Gasteiger partial charge in [0.2, 0.25) is 0 Å². The smallest absolute Gasteiger partial charge is 0.344 e.